The first-order valence-corrected chi connectivity index (χ1v) is 6.37. The van der Waals surface area contributed by atoms with E-state index in [4.69, 9.17) is 5.73 Å². The number of nitrogen functional groups attached to an aromatic ring is 1. The number of hydrogen-bond donors (Lipinski definition) is 1. The molecule has 1 aromatic heterocycles. The number of sulfone groups is 1. The summed E-state index contributed by atoms with van der Waals surface area (Å²) in [5.74, 6) is -0.0585. The summed E-state index contributed by atoms with van der Waals surface area (Å²) in [4.78, 5) is 0. The Morgan fingerprint density at radius 1 is 1.57 bits per heavy atom. The second-order valence-electron chi connectivity index (χ2n) is 3.66. The third kappa shape index (κ3) is 2.47. The minimum absolute atomic E-state index is 0.0585. The molecule has 80 valence electrons. The van der Waals surface area contributed by atoms with E-state index in [1.807, 2.05) is 13.8 Å². The fraction of sp³-hybridized carbons (Fsp3) is 0.625. The molecule has 1 heterocycles. The number of aromatic nitrogens is 2. The van der Waals surface area contributed by atoms with Crippen molar-refractivity contribution >= 4 is 15.5 Å². The quantitative estimate of drug-likeness (QED) is 0.803. The van der Waals surface area contributed by atoms with Crippen molar-refractivity contribution < 1.29 is 8.42 Å². The van der Waals surface area contributed by atoms with E-state index in [1.165, 1.54) is 12.5 Å². The molecule has 2 N–H and O–H groups in total. The Balaban J connectivity index is 3.12. The maximum atomic E-state index is 11.1. The number of anilines is 1. The van der Waals surface area contributed by atoms with Gasteiger partial charge in [-0.3, -0.25) is 4.68 Å². The first kappa shape index (κ1) is 11.0. The van der Waals surface area contributed by atoms with Gasteiger partial charge in [-0.2, -0.15) is 5.10 Å². The number of nitrogens with zero attached hydrogens (tertiary/aromatic N) is 2. The largest absolute Gasteiger partial charge is 0.396 e. The van der Waals surface area contributed by atoms with Crippen molar-refractivity contribution in [3.8, 4) is 0 Å². The molecule has 0 unspecified atom stereocenters. The Morgan fingerprint density at radius 2 is 2.14 bits per heavy atom. The zero-order valence-electron chi connectivity index (χ0n) is 8.56. The van der Waals surface area contributed by atoms with E-state index in [0.29, 0.717) is 11.4 Å². The zero-order valence-corrected chi connectivity index (χ0v) is 9.37. The highest BCUT2D eigenvalue weighted by Crippen LogP contribution is 2.17. The lowest BCUT2D eigenvalue weighted by atomic mass is 10.3. The highest BCUT2D eigenvalue weighted by atomic mass is 32.2. The van der Waals surface area contributed by atoms with Gasteiger partial charge in [0.15, 0.2) is 9.84 Å². The highest BCUT2D eigenvalue weighted by Gasteiger charge is 2.15. The predicted molar refractivity (Wildman–Crippen MR) is 55.6 cm³/mol. The second-order valence-corrected chi connectivity index (χ2v) is 5.80. The summed E-state index contributed by atoms with van der Waals surface area (Å²) in [6.07, 6.45) is 2.67. The molecular weight excluding hydrogens is 202 g/mol. The Morgan fingerprint density at radius 3 is 2.57 bits per heavy atom. The van der Waals surface area contributed by atoms with E-state index in [-0.39, 0.29) is 11.8 Å². The van der Waals surface area contributed by atoms with Gasteiger partial charge in [-0.25, -0.2) is 8.42 Å². The molecule has 1 aromatic rings. The van der Waals surface area contributed by atoms with Crippen LogP contribution < -0.4 is 5.73 Å². The van der Waals surface area contributed by atoms with Crippen molar-refractivity contribution in [2.24, 2.45) is 0 Å². The van der Waals surface area contributed by atoms with Crippen LogP contribution in [0.3, 0.4) is 0 Å². The van der Waals surface area contributed by atoms with Crippen molar-refractivity contribution in [2.75, 3.05) is 12.0 Å². The number of nitrogens with two attached hydrogens (primary N) is 1. The number of hydrogen-bond acceptors (Lipinski definition) is 4. The van der Waals surface area contributed by atoms with Gasteiger partial charge in [0, 0.05) is 12.3 Å². The lowest BCUT2D eigenvalue weighted by Crippen LogP contribution is -2.12. The average molecular weight is 217 g/mol. The molecule has 0 atom stereocenters. The van der Waals surface area contributed by atoms with E-state index in [9.17, 15) is 8.42 Å². The van der Waals surface area contributed by atoms with Crippen LogP contribution >= 0.6 is 0 Å². The Kier molecular flexibility index (Phi) is 2.84. The van der Waals surface area contributed by atoms with Crippen molar-refractivity contribution in [1.29, 1.82) is 0 Å². The van der Waals surface area contributed by atoms with Gasteiger partial charge in [0.05, 0.1) is 23.3 Å². The summed E-state index contributed by atoms with van der Waals surface area (Å²) in [7, 11) is -3.07. The third-order valence-corrected chi connectivity index (χ3v) is 2.62. The van der Waals surface area contributed by atoms with Gasteiger partial charge in [-0.1, -0.05) is 0 Å². The first-order chi connectivity index (χ1) is 6.31. The average Bonchev–Trinajstić information content (AvgIpc) is 2.29. The molecule has 14 heavy (non-hydrogen) atoms. The van der Waals surface area contributed by atoms with Gasteiger partial charge in [0.2, 0.25) is 0 Å². The van der Waals surface area contributed by atoms with Crippen LogP contribution in [0, 0.1) is 0 Å². The highest BCUT2D eigenvalue weighted by molar-refractivity contribution is 7.89. The van der Waals surface area contributed by atoms with Crippen LogP contribution in [0.25, 0.3) is 0 Å². The van der Waals surface area contributed by atoms with Gasteiger partial charge >= 0.3 is 0 Å². The van der Waals surface area contributed by atoms with Crippen LogP contribution in [0.4, 0.5) is 5.69 Å². The van der Waals surface area contributed by atoms with Crippen LogP contribution in [0.5, 0.6) is 0 Å². The van der Waals surface area contributed by atoms with Crippen LogP contribution in [-0.4, -0.2) is 24.5 Å². The second kappa shape index (κ2) is 3.61. The fourth-order valence-corrected chi connectivity index (χ4v) is 2.04. The first-order valence-electron chi connectivity index (χ1n) is 4.31. The van der Waals surface area contributed by atoms with E-state index in [1.54, 1.807) is 4.68 Å². The maximum absolute atomic E-state index is 11.1. The molecule has 0 bridgehead atoms. The van der Waals surface area contributed by atoms with Crippen LogP contribution in [0.15, 0.2) is 6.20 Å². The third-order valence-electron chi connectivity index (χ3n) is 1.82. The van der Waals surface area contributed by atoms with E-state index in [2.05, 4.69) is 5.10 Å². The summed E-state index contributed by atoms with van der Waals surface area (Å²) in [6, 6.07) is 0.115. The fourth-order valence-electron chi connectivity index (χ4n) is 1.24. The minimum atomic E-state index is -3.07. The zero-order chi connectivity index (χ0) is 10.9. The summed E-state index contributed by atoms with van der Waals surface area (Å²) in [5.41, 5.74) is 6.64. The standard InChI is InChI=1S/C8H15N3O2S/c1-6(2)11-8(5-14(3,12)13)7(9)4-10-11/h4,6H,5,9H2,1-3H3. The topological polar surface area (TPSA) is 78.0 Å². The summed E-state index contributed by atoms with van der Waals surface area (Å²) in [5, 5.41) is 4.03. The van der Waals surface area contributed by atoms with Crippen molar-refractivity contribution in [3.63, 3.8) is 0 Å². The molecule has 0 amide bonds. The molecule has 0 saturated carbocycles. The van der Waals surface area contributed by atoms with Gasteiger partial charge in [0.1, 0.15) is 0 Å². The van der Waals surface area contributed by atoms with Crippen molar-refractivity contribution in [2.45, 2.75) is 25.6 Å². The SMILES string of the molecule is CC(C)n1ncc(N)c1CS(C)(=O)=O. The summed E-state index contributed by atoms with van der Waals surface area (Å²) < 4.78 is 23.9. The molecule has 0 saturated heterocycles. The van der Waals surface area contributed by atoms with E-state index in [0.717, 1.165) is 0 Å². The molecule has 0 spiro atoms. The van der Waals surface area contributed by atoms with E-state index >= 15 is 0 Å². The smallest absolute Gasteiger partial charge is 0.153 e. The van der Waals surface area contributed by atoms with Crippen LogP contribution in [0.2, 0.25) is 0 Å². The summed E-state index contributed by atoms with van der Waals surface area (Å²) >= 11 is 0. The molecule has 1 rings (SSSR count). The molecule has 5 nitrogen and oxygen atoms in total. The normalized spacial score (nSPS) is 12.3. The van der Waals surface area contributed by atoms with Gasteiger partial charge in [-0.05, 0) is 13.8 Å². The monoisotopic (exact) mass is 217 g/mol. The van der Waals surface area contributed by atoms with Gasteiger partial charge < -0.3 is 5.73 Å². The Hall–Kier alpha value is -1.04. The molecule has 0 aromatic carbocycles. The van der Waals surface area contributed by atoms with E-state index < -0.39 is 9.84 Å². The lowest BCUT2D eigenvalue weighted by Gasteiger charge is -2.10. The van der Waals surface area contributed by atoms with Crippen LogP contribution in [-0.2, 0) is 15.6 Å². The maximum Gasteiger partial charge on any atom is 0.153 e. The summed E-state index contributed by atoms with van der Waals surface area (Å²) in [6.45, 7) is 3.86. The Bertz CT molecular complexity index is 420. The molecule has 0 aliphatic heterocycles. The number of rotatable bonds is 3. The molecule has 0 radical (unpaired) electrons. The van der Waals surface area contributed by atoms with Crippen LogP contribution in [0.1, 0.15) is 25.6 Å². The molecule has 0 fully saturated rings. The van der Waals surface area contributed by atoms with Gasteiger partial charge in [-0.15, -0.1) is 0 Å². The predicted octanol–water partition coefficient (Wildman–Crippen LogP) is 0.591. The molecule has 6 heteroatoms. The molecular formula is C8H15N3O2S. The van der Waals surface area contributed by atoms with Crippen molar-refractivity contribution in [1.82, 2.24) is 9.78 Å². The van der Waals surface area contributed by atoms with Crippen molar-refractivity contribution in [3.05, 3.63) is 11.9 Å². The molecule has 0 aliphatic carbocycles. The lowest BCUT2D eigenvalue weighted by molar-refractivity contribution is 0.514. The molecule has 0 aliphatic rings. The minimum Gasteiger partial charge on any atom is -0.396 e. The Labute approximate surface area is 83.8 Å². The van der Waals surface area contributed by atoms with Gasteiger partial charge in [0.25, 0.3) is 0 Å².